The van der Waals surface area contributed by atoms with Crippen LogP contribution in [-0.4, -0.2) is 47.6 Å². The molecule has 166 valence electrons. The maximum atomic E-state index is 12.8. The minimum absolute atomic E-state index is 0.0633. The molecule has 1 atom stereocenters. The number of amides is 4. The molecule has 1 unspecified atom stereocenters. The average Bonchev–Trinajstić information content (AvgIpc) is 3.27. The van der Waals surface area contributed by atoms with Crippen LogP contribution in [0.1, 0.15) is 12.0 Å². The first-order valence-corrected chi connectivity index (χ1v) is 10.1. The molecule has 0 saturated carbocycles. The summed E-state index contributed by atoms with van der Waals surface area (Å²) in [4.78, 5) is 38.7. The molecule has 4 rings (SSSR count). The second kappa shape index (κ2) is 8.62. The number of fused-ring (bicyclic) bond motifs is 1. The van der Waals surface area contributed by atoms with Gasteiger partial charge >= 0.3 is 6.03 Å². The number of hydrogen-bond donors (Lipinski definition) is 2. The summed E-state index contributed by atoms with van der Waals surface area (Å²) in [6.07, 6.45) is 1.79. The molecule has 1 saturated heterocycles. The summed E-state index contributed by atoms with van der Waals surface area (Å²) in [6.45, 7) is 0.0633. The van der Waals surface area contributed by atoms with Gasteiger partial charge in [-0.2, -0.15) is 0 Å². The Morgan fingerprint density at radius 1 is 1.06 bits per heavy atom. The van der Waals surface area contributed by atoms with Crippen molar-refractivity contribution in [1.29, 1.82) is 0 Å². The number of rotatable bonds is 7. The Morgan fingerprint density at radius 2 is 1.84 bits per heavy atom. The second-order valence-electron chi connectivity index (χ2n) is 7.57. The zero-order valence-corrected chi connectivity index (χ0v) is 18.0. The van der Waals surface area contributed by atoms with Gasteiger partial charge in [0.05, 0.1) is 27.2 Å². The number of carbonyl (C=O) groups is 3. The van der Waals surface area contributed by atoms with Crippen molar-refractivity contribution in [3.63, 3.8) is 0 Å². The third-order valence-corrected chi connectivity index (χ3v) is 5.45. The number of nitrogens with one attached hydrogen (secondary N) is 2. The molecular formula is C23H24N4O5. The fourth-order valence-corrected chi connectivity index (χ4v) is 3.78. The number of imide groups is 1. The quantitative estimate of drug-likeness (QED) is 0.555. The van der Waals surface area contributed by atoms with Gasteiger partial charge in [0.1, 0.15) is 6.04 Å². The van der Waals surface area contributed by atoms with Crippen molar-refractivity contribution in [3.8, 4) is 11.5 Å². The van der Waals surface area contributed by atoms with E-state index >= 15 is 0 Å². The highest BCUT2D eigenvalue weighted by molar-refractivity contribution is 6.07. The first kappa shape index (κ1) is 21.2. The van der Waals surface area contributed by atoms with Crippen LogP contribution < -0.4 is 20.1 Å². The number of urea groups is 1. The number of benzene rings is 2. The van der Waals surface area contributed by atoms with E-state index in [4.69, 9.17) is 9.47 Å². The molecule has 9 heteroatoms. The van der Waals surface area contributed by atoms with E-state index in [1.165, 1.54) is 14.2 Å². The standard InChI is InChI=1S/C23H24N4O5/c1-26-9-8-15-11-16(5-6-18(15)26)24-21(28)12-17-22(29)27(23(30)25-17)13-14-4-7-19(31-2)20(10-14)32-3/h4-11,17H,12-13H2,1-3H3,(H,24,28)(H,25,30). The molecule has 2 aromatic carbocycles. The predicted octanol–water partition coefficient (Wildman–Crippen LogP) is 2.64. The van der Waals surface area contributed by atoms with Crippen molar-refractivity contribution < 1.29 is 23.9 Å². The van der Waals surface area contributed by atoms with Crippen LogP contribution in [0.4, 0.5) is 10.5 Å². The smallest absolute Gasteiger partial charge is 0.325 e. The van der Waals surface area contributed by atoms with E-state index in [0.29, 0.717) is 22.7 Å². The van der Waals surface area contributed by atoms with Crippen LogP contribution in [0.15, 0.2) is 48.7 Å². The molecule has 0 aliphatic carbocycles. The van der Waals surface area contributed by atoms with Crippen molar-refractivity contribution in [2.75, 3.05) is 19.5 Å². The van der Waals surface area contributed by atoms with Gasteiger partial charge in [-0.15, -0.1) is 0 Å². The van der Waals surface area contributed by atoms with Gasteiger partial charge in [-0.1, -0.05) is 6.07 Å². The number of anilines is 1. The Kier molecular flexibility index (Phi) is 5.72. The summed E-state index contributed by atoms with van der Waals surface area (Å²) < 4.78 is 12.5. The van der Waals surface area contributed by atoms with Gasteiger partial charge in [0.25, 0.3) is 5.91 Å². The third kappa shape index (κ3) is 4.09. The lowest BCUT2D eigenvalue weighted by Crippen LogP contribution is -2.34. The number of aromatic nitrogens is 1. The zero-order chi connectivity index (χ0) is 22.8. The first-order chi connectivity index (χ1) is 15.4. The van der Waals surface area contributed by atoms with Gasteiger partial charge in [0, 0.05) is 29.8 Å². The van der Waals surface area contributed by atoms with E-state index < -0.39 is 18.0 Å². The largest absolute Gasteiger partial charge is 0.493 e. The summed E-state index contributed by atoms with van der Waals surface area (Å²) in [7, 11) is 4.99. The van der Waals surface area contributed by atoms with Gasteiger partial charge in [-0.3, -0.25) is 14.5 Å². The molecule has 9 nitrogen and oxygen atoms in total. The number of aryl methyl sites for hydroxylation is 1. The molecule has 1 aromatic heterocycles. The number of nitrogens with zero attached hydrogens (tertiary/aromatic N) is 2. The van der Waals surface area contributed by atoms with Crippen molar-refractivity contribution in [3.05, 3.63) is 54.2 Å². The van der Waals surface area contributed by atoms with Gasteiger partial charge in [-0.25, -0.2) is 4.79 Å². The highest BCUT2D eigenvalue weighted by Gasteiger charge is 2.39. The molecule has 4 amide bonds. The van der Waals surface area contributed by atoms with Gasteiger partial charge in [-0.05, 0) is 42.0 Å². The van der Waals surface area contributed by atoms with E-state index in [2.05, 4.69) is 10.6 Å². The molecule has 2 N–H and O–H groups in total. The summed E-state index contributed by atoms with van der Waals surface area (Å²) >= 11 is 0. The Bertz CT molecular complexity index is 1200. The Balaban J connectivity index is 1.40. The molecule has 0 spiro atoms. The number of ether oxygens (including phenoxy) is 2. The summed E-state index contributed by atoms with van der Waals surface area (Å²) in [5.74, 6) is 0.255. The third-order valence-electron chi connectivity index (χ3n) is 5.45. The van der Waals surface area contributed by atoms with E-state index in [9.17, 15) is 14.4 Å². The van der Waals surface area contributed by atoms with Crippen molar-refractivity contribution in [2.24, 2.45) is 7.05 Å². The minimum Gasteiger partial charge on any atom is -0.493 e. The minimum atomic E-state index is -0.914. The van der Waals surface area contributed by atoms with Crippen LogP contribution in [0.2, 0.25) is 0 Å². The van der Waals surface area contributed by atoms with Crippen LogP contribution in [0.5, 0.6) is 11.5 Å². The molecule has 3 aromatic rings. The molecule has 32 heavy (non-hydrogen) atoms. The lowest BCUT2D eigenvalue weighted by molar-refractivity contribution is -0.130. The second-order valence-corrected chi connectivity index (χ2v) is 7.57. The fraction of sp³-hybridized carbons (Fsp3) is 0.261. The van der Waals surface area contributed by atoms with Gasteiger partial charge < -0.3 is 24.7 Å². The molecule has 1 aliphatic heterocycles. The number of methoxy groups -OCH3 is 2. The van der Waals surface area contributed by atoms with Crippen LogP contribution in [0.3, 0.4) is 0 Å². The van der Waals surface area contributed by atoms with E-state index in [1.54, 1.807) is 24.3 Å². The average molecular weight is 436 g/mol. The maximum Gasteiger partial charge on any atom is 0.325 e. The number of carbonyl (C=O) groups excluding carboxylic acids is 3. The lowest BCUT2D eigenvalue weighted by atomic mass is 10.1. The highest BCUT2D eigenvalue weighted by atomic mass is 16.5. The molecular weight excluding hydrogens is 412 g/mol. The summed E-state index contributed by atoms with van der Waals surface area (Å²) in [5, 5.41) is 6.39. The molecule has 0 bridgehead atoms. The topological polar surface area (TPSA) is 102 Å². The van der Waals surface area contributed by atoms with Crippen molar-refractivity contribution >= 4 is 34.4 Å². The van der Waals surface area contributed by atoms with Crippen LogP contribution in [0.25, 0.3) is 10.9 Å². The first-order valence-electron chi connectivity index (χ1n) is 10.1. The summed E-state index contributed by atoms with van der Waals surface area (Å²) in [5.41, 5.74) is 2.38. The van der Waals surface area contributed by atoms with Crippen LogP contribution in [-0.2, 0) is 23.2 Å². The van der Waals surface area contributed by atoms with E-state index in [-0.39, 0.29) is 18.9 Å². The fourth-order valence-electron chi connectivity index (χ4n) is 3.78. The van der Waals surface area contributed by atoms with Crippen molar-refractivity contribution in [2.45, 2.75) is 19.0 Å². The molecule has 0 radical (unpaired) electrons. The highest BCUT2D eigenvalue weighted by Crippen LogP contribution is 2.28. The van der Waals surface area contributed by atoms with E-state index in [1.807, 2.05) is 36.0 Å². The maximum absolute atomic E-state index is 12.8. The Morgan fingerprint density at radius 3 is 2.59 bits per heavy atom. The molecule has 2 heterocycles. The normalized spacial score (nSPS) is 15.7. The van der Waals surface area contributed by atoms with E-state index in [0.717, 1.165) is 15.8 Å². The van der Waals surface area contributed by atoms with Gasteiger partial charge in [0.15, 0.2) is 11.5 Å². The summed E-state index contributed by atoms with van der Waals surface area (Å²) in [6, 6.07) is 11.3. The van der Waals surface area contributed by atoms with Gasteiger partial charge in [0.2, 0.25) is 5.91 Å². The van der Waals surface area contributed by atoms with Crippen LogP contribution >= 0.6 is 0 Å². The monoisotopic (exact) mass is 436 g/mol. The van der Waals surface area contributed by atoms with Crippen LogP contribution in [0, 0.1) is 0 Å². The van der Waals surface area contributed by atoms with Crippen molar-refractivity contribution in [1.82, 2.24) is 14.8 Å². The number of hydrogen-bond acceptors (Lipinski definition) is 5. The Labute approximate surface area is 184 Å². The molecule has 1 aliphatic rings. The Hall–Kier alpha value is -4.01. The lowest BCUT2D eigenvalue weighted by Gasteiger charge is -2.15. The predicted molar refractivity (Wildman–Crippen MR) is 119 cm³/mol. The SMILES string of the molecule is COc1ccc(CN2C(=O)NC(CC(=O)Nc3ccc4c(ccn4C)c3)C2=O)cc1OC. The molecule has 1 fully saturated rings. The zero-order valence-electron chi connectivity index (χ0n) is 18.0.